The van der Waals surface area contributed by atoms with E-state index in [9.17, 15) is 0 Å². The molecular weight excluding hydrogens is 210 g/mol. The molecule has 0 N–H and O–H groups in total. The number of rotatable bonds is 2. The van der Waals surface area contributed by atoms with Crippen LogP contribution < -0.4 is 0 Å². The number of aryl methyl sites for hydroxylation is 1. The van der Waals surface area contributed by atoms with Crippen LogP contribution in [-0.4, -0.2) is 14.8 Å². The molecule has 2 aromatic rings. The number of benzene rings is 1. The maximum Gasteiger partial charge on any atom is 0.225 e. The van der Waals surface area contributed by atoms with E-state index in [1.165, 1.54) is 5.56 Å². The fourth-order valence-corrected chi connectivity index (χ4v) is 1.97. The summed E-state index contributed by atoms with van der Waals surface area (Å²) >= 11 is 5.98. The van der Waals surface area contributed by atoms with E-state index in [4.69, 9.17) is 11.6 Å². The van der Waals surface area contributed by atoms with Crippen LogP contribution in [0, 0.1) is 6.92 Å². The van der Waals surface area contributed by atoms with Crippen molar-refractivity contribution >= 4 is 11.6 Å². The molecule has 0 aliphatic heterocycles. The summed E-state index contributed by atoms with van der Waals surface area (Å²) in [5.41, 5.74) is 1.20. The second-order valence-electron chi connectivity index (χ2n) is 3.47. The molecule has 0 aliphatic carbocycles. The second-order valence-corrected chi connectivity index (χ2v) is 3.81. The van der Waals surface area contributed by atoms with Crippen LogP contribution in [0.25, 0.3) is 0 Å². The van der Waals surface area contributed by atoms with Crippen LogP contribution in [0.4, 0.5) is 0 Å². The second kappa shape index (κ2) is 4.03. The van der Waals surface area contributed by atoms with Crippen LogP contribution in [0.15, 0.2) is 30.3 Å². The summed E-state index contributed by atoms with van der Waals surface area (Å²) < 4.78 is 1.91. The third-order valence-corrected chi connectivity index (χ3v) is 2.75. The summed E-state index contributed by atoms with van der Waals surface area (Å²) in [6.45, 7) is 3.98. The Morgan fingerprint density at radius 1 is 1.20 bits per heavy atom. The molecule has 1 aromatic carbocycles. The van der Waals surface area contributed by atoms with Crippen molar-refractivity contribution in [3.05, 3.63) is 47.0 Å². The summed E-state index contributed by atoms with van der Waals surface area (Å²) in [5.74, 6) is 0.830. The minimum absolute atomic E-state index is 0.161. The van der Waals surface area contributed by atoms with E-state index in [2.05, 4.69) is 29.3 Å². The van der Waals surface area contributed by atoms with Crippen LogP contribution in [0.1, 0.15) is 24.4 Å². The monoisotopic (exact) mass is 221 g/mol. The average Bonchev–Trinajstić information content (AvgIpc) is 2.59. The van der Waals surface area contributed by atoms with Gasteiger partial charge < -0.3 is 0 Å². The highest BCUT2D eigenvalue weighted by atomic mass is 35.5. The lowest BCUT2D eigenvalue weighted by molar-refractivity contribution is 0.619. The van der Waals surface area contributed by atoms with Gasteiger partial charge in [-0.2, -0.15) is 0 Å². The van der Waals surface area contributed by atoms with Gasteiger partial charge in [-0.25, -0.2) is 0 Å². The zero-order chi connectivity index (χ0) is 10.8. The van der Waals surface area contributed by atoms with Crippen molar-refractivity contribution in [2.45, 2.75) is 19.9 Å². The van der Waals surface area contributed by atoms with Gasteiger partial charge in [0.15, 0.2) is 0 Å². The molecule has 2 rings (SSSR count). The zero-order valence-corrected chi connectivity index (χ0v) is 9.44. The summed E-state index contributed by atoms with van der Waals surface area (Å²) in [7, 11) is 0. The van der Waals surface area contributed by atoms with E-state index in [1.807, 2.05) is 29.7 Å². The molecule has 1 atom stereocenters. The third-order valence-electron chi connectivity index (χ3n) is 2.49. The molecule has 1 aromatic heterocycles. The zero-order valence-electron chi connectivity index (χ0n) is 8.68. The smallest absolute Gasteiger partial charge is 0.225 e. The molecule has 78 valence electrons. The van der Waals surface area contributed by atoms with Crippen molar-refractivity contribution < 1.29 is 0 Å². The van der Waals surface area contributed by atoms with Gasteiger partial charge >= 0.3 is 0 Å². The summed E-state index contributed by atoms with van der Waals surface area (Å²) in [5, 5.41) is 8.22. The lowest BCUT2D eigenvalue weighted by atomic mass is 10.1. The number of nitrogens with zero attached hydrogens (tertiary/aromatic N) is 3. The van der Waals surface area contributed by atoms with Crippen molar-refractivity contribution in [3.8, 4) is 0 Å². The summed E-state index contributed by atoms with van der Waals surface area (Å²) in [4.78, 5) is 0. The predicted octanol–water partition coefficient (Wildman–Crippen LogP) is 2.85. The number of aromatic nitrogens is 3. The summed E-state index contributed by atoms with van der Waals surface area (Å²) in [6, 6.07) is 10.3. The van der Waals surface area contributed by atoms with Crippen molar-refractivity contribution in [1.82, 2.24) is 14.8 Å². The highest BCUT2D eigenvalue weighted by molar-refractivity contribution is 6.28. The lowest BCUT2D eigenvalue weighted by Crippen LogP contribution is -2.08. The van der Waals surface area contributed by atoms with Gasteiger partial charge in [-0.1, -0.05) is 30.3 Å². The minimum atomic E-state index is 0.161. The summed E-state index contributed by atoms with van der Waals surface area (Å²) in [6.07, 6.45) is 0. The minimum Gasteiger partial charge on any atom is -0.295 e. The maximum absolute atomic E-state index is 5.98. The molecule has 4 heteroatoms. The Kier molecular flexibility index (Phi) is 2.73. The molecule has 0 fully saturated rings. The SMILES string of the molecule is Cc1nnc(Cl)n1C(C)c1ccccc1. The molecule has 0 spiro atoms. The molecular formula is C11H12ClN3. The van der Waals surface area contributed by atoms with Crippen LogP contribution in [0.2, 0.25) is 5.28 Å². The largest absolute Gasteiger partial charge is 0.295 e. The number of hydrogen-bond acceptors (Lipinski definition) is 2. The van der Waals surface area contributed by atoms with E-state index < -0.39 is 0 Å². The van der Waals surface area contributed by atoms with Gasteiger partial charge in [0, 0.05) is 0 Å². The van der Waals surface area contributed by atoms with E-state index in [1.54, 1.807) is 0 Å². The van der Waals surface area contributed by atoms with E-state index in [0.717, 1.165) is 5.82 Å². The van der Waals surface area contributed by atoms with Gasteiger partial charge in [0.1, 0.15) is 5.82 Å². The Hall–Kier alpha value is -1.35. The third kappa shape index (κ3) is 1.88. The number of halogens is 1. The quantitative estimate of drug-likeness (QED) is 0.781. The average molecular weight is 222 g/mol. The van der Waals surface area contributed by atoms with E-state index >= 15 is 0 Å². The topological polar surface area (TPSA) is 30.7 Å². The van der Waals surface area contributed by atoms with Crippen LogP contribution in [0.3, 0.4) is 0 Å². The first-order chi connectivity index (χ1) is 7.20. The molecule has 0 saturated carbocycles. The molecule has 0 amide bonds. The fraction of sp³-hybridized carbons (Fsp3) is 0.273. The van der Waals surface area contributed by atoms with Crippen molar-refractivity contribution in [3.63, 3.8) is 0 Å². The standard InChI is InChI=1S/C11H12ClN3/c1-8(10-6-4-3-5-7-10)15-9(2)13-14-11(15)12/h3-8H,1-2H3. The first-order valence-corrected chi connectivity index (χ1v) is 5.20. The predicted molar refractivity (Wildman–Crippen MR) is 60.0 cm³/mol. The van der Waals surface area contributed by atoms with Gasteiger partial charge in [0.25, 0.3) is 0 Å². The Morgan fingerprint density at radius 3 is 2.40 bits per heavy atom. The Bertz CT molecular complexity index is 431. The van der Waals surface area contributed by atoms with Crippen molar-refractivity contribution in [2.24, 2.45) is 0 Å². The molecule has 1 heterocycles. The van der Waals surface area contributed by atoms with Crippen LogP contribution >= 0.6 is 11.6 Å². The Morgan fingerprint density at radius 2 is 1.87 bits per heavy atom. The van der Waals surface area contributed by atoms with Gasteiger partial charge in [-0.05, 0) is 31.0 Å². The first kappa shape index (κ1) is 10.2. The molecule has 3 nitrogen and oxygen atoms in total. The molecule has 0 aliphatic rings. The fourth-order valence-electron chi connectivity index (χ4n) is 1.66. The molecule has 0 radical (unpaired) electrons. The Balaban J connectivity index is 2.41. The first-order valence-electron chi connectivity index (χ1n) is 4.82. The molecule has 0 bridgehead atoms. The van der Waals surface area contributed by atoms with Gasteiger partial charge in [-0.15, -0.1) is 10.2 Å². The molecule has 0 saturated heterocycles. The lowest BCUT2D eigenvalue weighted by Gasteiger charge is -2.15. The van der Waals surface area contributed by atoms with Gasteiger partial charge in [-0.3, -0.25) is 4.57 Å². The van der Waals surface area contributed by atoms with Crippen LogP contribution in [0.5, 0.6) is 0 Å². The van der Waals surface area contributed by atoms with Gasteiger partial charge in [0.05, 0.1) is 6.04 Å². The van der Waals surface area contributed by atoms with Crippen molar-refractivity contribution in [1.29, 1.82) is 0 Å². The van der Waals surface area contributed by atoms with Gasteiger partial charge in [0.2, 0.25) is 5.28 Å². The molecule has 15 heavy (non-hydrogen) atoms. The van der Waals surface area contributed by atoms with Crippen molar-refractivity contribution in [2.75, 3.05) is 0 Å². The number of hydrogen-bond donors (Lipinski definition) is 0. The maximum atomic E-state index is 5.98. The van der Waals surface area contributed by atoms with E-state index in [0.29, 0.717) is 5.28 Å². The highest BCUT2D eigenvalue weighted by Crippen LogP contribution is 2.22. The Labute approximate surface area is 93.7 Å². The highest BCUT2D eigenvalue weighted by Gasteiger charge is 2.14. The van der Waals surface area contributed by atoms with E-state index in [-0.39, 0.29) is 6.04 Å². The van der Waals surface area contributed by atoms with Crippen LogP contribution in [-0.2, 0) is 0 Å². The molecule has 1 unspecified atom stereocenters. The normalized spacial score (nSPS) is 12.7.